The molecule has 0 bridgehead atoms. The number of halogens is 1. The van der Waals surface area contributed by atoms with E-state index in [1.807, 2.05) is 12.1 Å². The van der Waals surface area contributed by atoms with Gasteiger partial charge in [0.05, 0.1) is 7.11 Å². The number of amides is 1. The van der Waals surface area contributed by atoms with Crippen LogP contribution in [0.25, 0.3) is 6.08 Å². The van der Waals surface area contributed by atoms with Crippen molar-refractivity contribution in [1.82, 2.24) is 5.32 Å². The average molecular weight is 418 g/mol. The van der Waals surface area contributed by atoms with Crippen molar-refractivity contribution in [3.8, 4) is 11.5 Å². The van der Waals surface area contributed by atoms with Gasteiger partial charge in [0.1, 0.15) is 12.6 Å². The van der Waals surface area contributed by atoms with E-state index in [9.17, 15) is 9.59 Å². The summed E-state index contributed by atoms with van der Waals surface area (Å²) in [4.78, 5) is 23.2. The maximum absolute atomic E-state index is 12.0. The molecule has 29 heavy (non-hydrogen) atoms. The van der Waals surface area contributed by atoms with Crippen molar-refractivity contribution in [3.05, 3.63) is 64.7 Å². The zero-order valence-electron chi connectivity index (χ0n) is 16.5. The van der Waals surface area contributed by atoms with Crippen LogP contribution in [0.2, 0.25) is 5.02 Å². The fraction of sp³-hybridized carbons (Fsp3) is 0.273. The second kappa shape index (κ2) is 10.5. The van der Waals surface area contributed by atoms with E-state index in [-0.39, 0.29) is 5.92 Å². The van der Waals surface area contributed by atoms with Crippen LogP contribution in [0.3, 0.4) is 0 Å². The van der Waals surface area contributed by atoms with Gasteiger partial charge in [0.2, 0.25) is 5.91 Å². The van der Waals surface area contributed by atoms with Crippen molar-refractivity contribution in [3.63, 3.8) is 0 Å². The molecule has 0 radical (unpaired) electrons. The van der Waals surface area contributed by atoms with E-state index in [4.69, 9.17) is 26.2 Å². The molecule has 0 saturated carbocycles. The van der Waals surface area contributed by atoms with Gasteiger partial charge in [0.25, 0.3) is 0 Å². The fourth-order valence-electron chi connectivity index (χ4n) is 2.54. The van der Waals surface area contributed by atoms with E-state index in [1.165, 1.54) is 13.2 Å². The minimum atomic E-state index is -1.06. The third kappa shape index (κ3) is 6.84. The van der Waals surface area contributed by atoms with Crippen molar-refractivity contribution >= 4 is 29.6 Å². The molecule has 1 atom stereocenters. The second-order valence-corrected chi connectivity index (χ2v) is 7.16. The van der Waals surface area contributed by atoms with Gasteiger partial charge in [-0.15, -0.1) is 0 Å². The van der Waals surface area contributed by atoms with Crippen molar-refractivity contribution in [2.24, 2.45) is 5.92 Å². The minimum Gasteiger partial charge on any atom is -0.493 e. The Kier molecular flexibility index (Phi) is 8.09. The molecule has 0 aliphatic heterocycles. The van der Waals surface area contributed by atoms with Gasteiger partial charge >= 0.3 is 5.97 Å². The van der Waals surface area contributed by atoms with E-state index >= 15 is 0 Å². The summed E-state index contributed by atoms with van der Waals surface area (Å²) < 4.78 is 11.2. The Labute approximate surface area is 175 Å². The largest absolute Gasteiger partial charge is 0.493 e. The molecule has 2 rings (SSSR count). The lowest BCUT2D eigenvalue weighted by Crippen LogP contribution is -2.43. The van der Waals surface area contributed by atoms with E-state index in [2.05, 4.69) is 5.32 Å². The van der Waals surface area contributed by atoms with Gasteiger partial charge in [-0.05, 0) is 47.4 Å². The molecular weight excluding hydrogens is 394 g/mol. The first-order valence-corrected chi connectivity index (χ1v) is 9.44. The number of methoxy groups -OCH3 is 1. The summed E-state index contributed by atoms with van der Waals surface area (Å²) in [7, 11) is 1.53. The Balaban J connectivity index is 2.03. The van der Waals surface area contributed by atoms with Crippen LogP contribution in [0.4, 0.5) is 0 Å². The molecule has 0 spiro atoms. The first kappa shape index (κ1) is 22.3. The van der Waals surface area contributed by atoms with Gasteiger partial charge in [-0.1, -0.05) is 43.6 Å². The highest BCUT2D eigenvalue weighted by molar-refractivity contribution is 6.30. The van der Waals surface area contributed by atoms with Crippen molar-refractivity contribution in [1.29, 1.82) is 0 Å². The molecular formula is C22H24ClNO5. The van der Waals surface area contributed by atoms with Crippen molar-refractivity contribution in [2.45, 2.75) is 26.5 Å². The Morgan fingerprint density at radius 1 is 1.14 bits per heavy atom. The number of carboxylic acids is 1. The van der Waals surface area contributed by atoms with Crippen LogP contribution in [0, 0.1) is 5.92 Å². The summed E-state index contributed by atoms with van der Waals surface area (Å²) in [6.45, 7) is 3.82. The van der Waals surface area contributed by atoms with Crippen LogP contribution in [0.1, 0.15) is 25.0 Å². The zero-order valence-corrected chi connectivity index (χ0v) is 17.3. The number of nitrogens with one attached hydrogen (secondary N) is 1. The average Bonchev–Trinajstić information content (AvgIpc) is 2.69. The highest BCUT2D eigenvalue weighted by Gasteiger charge is 2.22. The summed E-state index contributed by atoms with van der Waals surface area (Å²) in [5.41, 5.74) is 1.68. The van der Waals surface area contributed by atoms with E-state index in [0.29, 0.717) is 28.7 Å². The number of ether oxygens (including phenoxy) is 2. The highest BCUT2D eigenvalue weighted by atomic mass is 35.5. The third-order valence-electron chi connectivity index (χ3n) is 4.15. The Morgan fingerprint density at radius 3 is 2.41 bits per heavy atom. The van der Waals surface area contributed by atoms with Crippen LogP contribution >= 0.6 is 11.6 Å². The quantitative estimate of drug-likeness (QED) is 0.598. The minimum absolute atomic E-state index is 0.220. The number of rotatable bonds is 9. The number of carbonyl (C=O) groups excluding carboxylic acids is 1. The Morgan fingerprint density at radius 2 is 1.83 bits per heavy atom. The highest BCUT2D eigenvalue weighted by Crippen LogP contribution is 2.29. The lowest BCUT2D eigenvalue weighted by Gasteiger charge is -2.16. The summed E-state index contributed by atoms with van der Waals surface area (Å²) in [5, 5.41) is 12.3. The number of aliphatic carboxylic acids is 1. The number of hydrogen-bond donors (Lipinski definition) is 2. The Bertz CT molecular complexity index is 877. The van der Waals surface area contributed by atoms with Crippen LogP contribution in [0.15, 0.2) is 48.5 Å². The van der Waals surface area contributed by atoms with Gasteiger partial charge in [-0.25, -0.2) is 4.79 Å². The van der Waals surface area contributed by atoms with Gasteiger partial charge in [0, 0.05) is 11.1 Å². The van der Waals surface area contributed by atoms with Crippen LogP contribution in [-0.4, -0.2) is 30.1 Å². The summed E-state index contributed by atoms with van der Waals surface area (Å²) in [6.07, 6.45) is 2.88. The molecule has 0 aromatic heterocycles. The summed E-state index contributed by atoms with van der Waals surface area (Å²) >= 11 is 5.88. The molecule has 2 aromatic rings. The molecule has 6 nitrogen and oxygen atoms in total. The first-order valence-electron chi connectivity index (χ1n) is 9.07. The molecule has 0 saturated heterocycles. The molecule has 2 aromatic carbocycles. The SMILES string of the molecule is COc1cc(/C=C/C(=O)N[C@H](C(=O)O)C(C)C)ccc1OCc1ccc(Cl)cc1. The summed E-state index contributed by atoms with van der Waals surface area (Å²) in [5.74, 6) is -0.678. The predicted octanol–water partition coefficient (Wildman–Crippen LogP) is 4.17. The predicted molar refractivity (Wildman–Crippen MR) is 112 cm³/mol. The molecule has 0 aliphatic rings. The third-order valence-corrected chi connectivity index (χ3v) is 4.40. The van der Waals surface area contributed by atoms with Crippen LogP contribution in [-0.2, 0) is 16.2 Å². The molecule has 154 valence electrons. The first-order chi connectivity index (χ1) is 13.8. The molecule has 0 fully saturated rings. The van der Waals surface area contributed by atoms with Gasteiger partial charge < -0.3 is 19.9 Å². The molecule has 2 N–H and O–H groups in total. The Hall–Kier alpha value is -2.99. The molecule has 1 amide bonds. The van der Waals surface area contributed by atoms with Crippen LogP contribution in [0.5, 0.6) is 11.5 Å². The molecule has 7 heteroatoms. The topological polar surface area (TPSA) is 84.9 Å². The van der Waals surface area contributed by atoms with Gasteiger partial charge in [-0.2, -0.15) is 0 Å². The normalized spacial score (nSPS) is 12.0. The number of carbonyl (C=O) groups is 2. The monoisotopic (exact) mass is 417 g/mol. The maximum Gasteiger partial charge on any atom is 0.326 e. The van der Waals surface area contributed by atoms with Crippen LogP contribution < -0.4 is 14.8 Å². The standard InChI is InChI=1S/C22H24ClNO5/c1-14(2)21(22(26)27)24-20(25)11-7-15-6-10-18(19(12-15)28-3)29-13-16-4-8-17(23)9-5-16/h4-12,14,21H,13H2,1-3H3,(H,24,25)(H,26,27)/b11-7+/t21-/m0/s1. The number of carboxylic acid groups (broad SMARTS) is 1. The van der Waals surface area contributed by atoms with Gasteiger partial charge in [0.15, 0.2) is 11.5 Å². The van der Waals surface area contributed by atoms with Crippen molar-refractivity contribution in [2.75, 3.05) is 7.11 Å². The van der Waals surface area contributed by atoms with E-state index in [0.717, 1.165) is 5.56 Å². The maximum atomic E-state index is 12.0. The van der Waals surface area contributed by atoms with E-state index < -0.39 is 17.9 Å². The number of benzene rings is 2. The summed E-state index contributed by atoms with van der Waals surface area (Å²) in [6, 6.07) is 11.7. The fourth-order valence-corrected chi connectivity index (χ4v) is 2.66. The number of hydrogen-bond acceptors (Lipinski definition) is 4. The van der Waals surface area contributed by atoms with Crippen molar-refractivity contribution < 1.29 is 24.2 Å². The van der Waals surface area contributed by atoms with Gasteiger partial charge in [-0.3, -0.25) is 4.79 Å². The smallest absolute Gasteiger partial charge is 0.326 e. The lowest BCUT2D eigenvalue weighted by atomic mass is 10.0. The second-order valence-electron chi connectivity index (χ2n) is 6.73. The zero-order chi connectivity index (χ0) is 21.4. The van der Waals surface area contributed by atoms with E-state index in [1.54, 1.807) is 50.3 Å². The lowest BCUT2D eigenvalue weighted by molar-refractivity contribution is -0.142. The molecule has 0 aliphatic carbocycles. The molecule has 0 unspecified atom stereocenters. The molecule has 0 heterocycles.